The molecule has 0 aliphatic heterocycles. The first-order valence-corrected chi connectivity index (χ1v) is 9.81. The van der Waals surface area contributed by atoms with Gasteiger partial charge in [-0.25, -0.2) is 4.98 Å². The van der Waals surface area contributed by atoms with Gasteiger partial charge in [-0.2, -0.15) is 0 Å². The summed E-state index contributed by atoms with van der Waals surface area (Å²) < 4.78 is 5.81. The molecule has 0 bridgehead atoms. The van der Waals surface area contributed by atoms with E-state index in [1.807, 2.05) is 60.0 Å². The van der Waals surface area contributed by atoms with Crippen molar-refractivity contribution in [1.82, 2.24) is 4.98 Å². The average Bonchev–Trinajstić information content (AvgIpc) is 3.10. The number of hydrogen-bond donors (Lipinski definition) is 2. The molecule has 1 fully saturated rings. The SMILES string of the molecule is O=C(O)C1CC(CNc2nc(-c3ccc(Oc4ccccc4)cc3)cs2)C1. The summed E-state index contributed by atoms with van der Waals surface area (Å²) in [6.07, 6.45) is 1.51. The van der Waals surface area contributed by atoms with Gasteiger partial charge in [-0.05, 0) is 55.2 Å². The number of carboxylic acid groups (broad SMARTS) is 1. The quantitative estimate of drug-likeness (QED) is 0.595. The Hall–Kier alpha value is -2.86. The number of thiazole rings is 1. The van der Waals surface area contributed by atoms with Crippen molar-refractivity contribution in [2.75, 3.05) is 11.9 Å². The smallest absolute Gasteiger partial charge is 0.306 e. The summed E-state index contributed by atoms with van der Waals surface area (Å²) in [5.74, 6) is 1.18. The van der Waals surface area contributed by atoms with Crippen molar-refractivity contribution in [1.29, 1.82) is 0 Å². The first-order valence-electron chi connectivity index (χ1n) is 8.93. The van der Waals surface area contributed by atoms with Crippen molar-refractivity contribution in [2.24, 2.45) is 11.8 Å². The largest absolute Gasteiger partial charge is 0.481 e. The first-order chi connectivity index (χ1) is 13.2. The molecule has 0 spiro atoms. The number of aliphatic carboxylic acids is 1. The van der Waals surface area contributed by atoms with Gasteiger partial charge in [-0.1, -0.05) is 18.2 Å². The maximum atomic E-state index is 10.8. The lowest BCUT2D eigenvalue weighted by molar-refractivity contribution is -0.146. The Balaban J connectivity index is 1.32. The molecule has 1 aromatic heterocycles. The van der Waals surface area contributed by atoms with Crippen molar-refractivity contribution < 1.29 is 14.6 Å². The van der Waals surface area contributed by atoms with Crippen LogP contribution >= 0.6 is 11.3 Å². The standard InChI is InChI=1S/C21H20N2O3S/c24-20(25)16-10-14(11-16)12-22-21-23-19(13-27-21)15-6-8-18(9-7-15)26-17-4-2-1-3-5-17/h1-9,13-14,16H,10-12H2,(H,22,23)(H,24,25). The Morgan fingerprint density at radius 3 is 2.52 bits per heavy atom. The number of ether oxygens (including phenoxy) is 1. The number of para-hydroxylation sites is 1. The highest BCUT2D eigenvalue weighted by Gasteiger charge is 2.34. The summed E-state index contributed by atoms with van der Waals surface area (Å²) in [4.78, 5) is 15.5. The summed E-state index contributed by atoms with van der Waals surface area (Å²) in [6.45, 7) is 0.778. The molecule has 6 heteroatoms. The normalized spacial score (nSPS) is 18.5. The molecule has 0 amide bonds. The van der Waals surface area contributed by atoms with E-state index < -0.39 is 5.97 Å². The van der Waals surface area contributed by atoms with Crippen molar-refractivity contribution in [3.8, 4) is 22.8 Å². The molecule has 2 N–H and O–H groups in total. The van der Waals surface area contributed by atoms with E-state index >= 15 is 0 Å². The van der Waals surface area contributed by atoms with Gasteiger partial charge in [0.05, 0.1) is 11.6 Å². The Kier molecular flexibility index (Phi) is 5.07. The Morgan fingerprint density at radius 2 is 1.81 bits per heavy atom. The minimum absolute atomic E-state index is 0.166. The monoisotopic (exact) mass is 380 g/mol. The molecular formula is C21H20N2O3S. The fraction of sp³-hybridized carbons (Fsp3) is 0.238. The highest BCUT2D eigenvalue weighted by atomic mass is 32.1. The lowest BCUT2D eigenvalue weighted by Crippen LogP contribution is -2.34. The molecule has 1 aliphatic rings. The van der Waals surface area contributed by atoms with Gasteiger partial charge >= 0.3 is 5.97 Å². The number of aromatic nitrogens is 1. The third-order valence-electron chi connectivity index (χ3n) is 4.76. The third-order valence-corrected chi connectivity index (χ3v) is 5.56. The molecule has 1 saturated carbocycles. The van der Waals surface area contributed by atoms with E-state index in [9.17, 15) is 4.79 Å². The fourth-order valence-corrected chi connectivity index (χ4v) is 3.87. The lowest BCUT2D eigenvalue weighted by Gasteiger charge is -2.32. The number of rotatable bonds is 7. The maximum absolute atomic E-state index is 10.8. The summed E-state index contributed by atoms with van der Waals surface area (Å²) in [7, 11) is 0. The summed E-state index contributed by atoms with van der Waals surface area (Å²) in [5, 5.41) is 15.2. The maximum Gasteiger partial charge on any atom is 0.306 e. The van der Waals surface area contributed by atoms with E-state index in [-0.39, 0.29) is 5.92 Å². The zero-order chi connectivity index (χ0) is 18.6. The summed E-state index contributed by atoms with van der Waals surface area (Å²) >= 11 is 1.57. The molecular weight excluding hydrogens is 360 g/mol. The molecule has 5 nitrogen and oxygen atoms in total. The minimum atomic E-state index is -0.678. The number of anilines is 1. The van der Waals surface area contributed by atoms with E-state index in [4.69, 9.17) is 9.84 Å². The van der Waals surface area contributed by atoms with Gasteiger partial charge in [-0.3, -0.25) is 4.79 Å². The van der Waals surface area contributed by atoms with Gasteiger partial charge in [0.1, 0.15) is 11.5 Å². The number of nitrogens with one attached hydrogen (secondary N) is 1. The van der Waals surface area contributed by atoms with Crippen LogP contribution in [0.5, 0.6) is 11.5 Å². The molecule has 0 radical (unpaired) electrons. The van der Waals surface area contributed by atoms with Crippen molar-refractivity contribution in [2.45, 2.75) is 12.8 Å². The van der Waals surface area contributed by atoms with Crippen LogP contribution in [0, 0.1) is 11.8 Å². The van der Waals surface area contributed by atoms with Crippen LogP contribution in [0.25, 0.3) is 11.3 Å². The number of benzene rings is 2. The van der Waals surface area contributed by atoms with Crippen molar-refractivity contribution >= 4 is 22.4 Å². The minimum Gasteiger partial charge on any atom is -0.481 e. The summed E-state index contributed by atoms with van der Waals surface area (Å²) in [5.41, 5.74) is 1.96. The van der Waals surface area contributed by atoms with Gasteiger partial charge in [0.25, 0.3) is 0 Å². The van der Waals surface area contributed by atoms with Crippen LogP contribution in [0.4, 0.5) is 5.13 Å². The van der Waals surface area contributed by atoms with Gasteiger partial charge < -0.3 is 15.2 Å². The van der Waals surface area contributed by atoms with Crippen LogP contribution in [0.15, 0.2) is 60.0 Å². The van der Waals surface area contributed by atoms with E-state index in [0.29, 0.717) is 5.92 Å². The van der Waals surface area contributed by atoms with Crippen LogP contribution in [0.2, 0.25) is 0 Å². The lowest BCUT2D eigenvalue weighted by atomic mass is 9.75. The Bertz CT molecular complexity index is 903. The number of carboxylic acids is 1. The second kappa shape index (κ2) is 7.80. The van der Waals surface area contributed by atoms with Crippen LogP contribution in [-0.2, 0) is 4.79 Å². The van der Waals surface area contributed by atoms with E-state index in [1.165, 1.54) is 0 Å². The predicted molar refractivity (Wildman–Crippen MR) is 106 cm³/mol. The van der Waals surface area contributed by atoms with E-state index in [2.05, 4.69) is 10.3 Å². The topological polar surface area (TPSA) is 71.5 Å². The molecule has 4 rings (SSSR count). The van der Waals surface area contributed by atoms with Gasteiger partial charge in [0, 0.05) is 17.5 Å². The fourth-order valence-electron chi connectivity index (χ4n) is 3.14. The molecule has 138 valence electrons. The number of hydrogen-bond acceptors (Lipinski definition) is 5. The van der Waals surface area contributed by atoms with E-state index in [0.717, 1.165) is 47.3 Å². The number of nitrogens with zero attached hydrogens (tertiary/aromatic N) is 1. The Labute approximate surface area is 161 Å². The number of carbonyl (C=O) groups is 1. The molecule has 27 heavy (non-hydrogen) atoms. The second-order valence-electron chi connectivity index (χ2n) is 6.73. The van der Waals surface area contributed by atoms with Crippen molar-refractivity contribution in [3.05, 3.63) is 60.0 Å². The van der Waals surface area contributed by atoms with Gasteiger partial charge in [-0.15, -0.1) is 11.3 Å². The van der Waals surface area contributed by atoms with Gasteiger partial charge in [0.15, 0.2) is 5.13 Å². The molecule has 0 atom stereocenters. The predicted octanol–water partition coefficient (Wildman–Crippen LogP) is 5.13. The molecule has 3 aromatic rings. The zero-order valence-electron chi connectivity index (χ0n) is 14.7. The average molecular weight is 380 g/mol. The van der Waals surface area contributed by atoms with Crippen LogP contribution < -0.4 is 10.1 Å². The Morgan fingerprint density at radius 1 is 1.11 bits per heavy atom. The summed E-state index contributed by atoms with van der Waals surface area (Å²) in [6, 6.07) is 17.6. The highest BCUT2D eigenvalue weighted by molar-refractivity contribution is 7.14. The van der Waals surface area contributed by atoms with Crippen LogP contribution in [0.1, 0.15) is 12.8 Å². The third kappa shape index (κ3) is 4.28. The second-order valence-corrected chi connectivity index (χ2v) is 7.59. The van der Waals surface area contributed by atoms with Crippen LogP contribution in [-0.4, -0.2) is 22.6 Å². The molecule has 0 saturated heterocycles. The molecule has 1 aliphatic carbocycles. The molecule has 0 unspecified atom stereocenters. The van der Waals surface area contributed by atoms with Crippen LogP contribution in [0.3, 0.4) is 0 Å². The highest BCUT2D eigenvalue weighted by Crippen LogP contribution is 2.34. The van der Waals surface area contributed by atoms with Crippen molar-refractivity contribution in [3.63, 3.8) is 0 Å². The first kappa shape index (κ1) is 17.5. The molecule has 1 heterocycles. The van der Waals surface area contributed by atoms with E-state index in [1.54, 1.807) is 11.3 Å². The van der Waals surface area contributed by atoms with Gasteiger partial charge in [0.2, 0.25) is 0 Å². The zero-order valence-corrected chi connectivity index (χ0v) is 15.5. The molecule has 2 aromatic carbocycles.